The molecule has 0 aromatic rings. The van der Waals surface area contributed by atoms with Gasteiger partial charge in [0.15, 0.2) is 5.96 Å². The van der Waals surface area contributed by atoms with Crippen molar-refractivity contribution in [2.24, 2.45) is 4.99 Å². The van der Waals surface area contributed by atoms with E-state index in [1.165, 1.54) is 12.8 Å². The second-order valence-electron chi connectivity index (χ2n) is 6.73. The minimum Gasteiger partial charge on any atom is -0.356 e. The summed E-state index contributed by atoms with van der Waals surface area (Å²) in [6.45, 7) is 6.59. The first-order valence-electron chi connectivity index (χ1n) is 8.52. The highest BCUT2D eigenvalue weighted by Gasteiger charge is 2.38. The van der Waals surface area contributed by atoms with E-state index >= 15 is 0 Å². The molecule has 126 valence electrons. The van der Waals surface area contributed by atoms with Crippen LogP contribution in [-0.4, -0.2) is 73.5 Å². The average molecular weight is 309 g/mol. The number of carbonyl (C=O) groups excluding carboxylic acids is 1. The molecule has 22 heavy (non-hydrogen) atoms. The molecule has 1 aliphatic carbocycles. The maximum atomic E-state index is 11.7. The first kappa shape index (κ1) is 17.1. The van der Waals surface area contributed by atoms with Crippen molar-refractivity contribution in [3.05, 3.63) is 0 Å². The Morgan fingerprint density at radius 3 is 2.68 bits per heavy atom. The van der Waals surface area contributed by atoms with Gasteiger partial charge < -0.3 is 15.5 Å². The molecule has 0 aromatic carbocycles. The summed E-state index contributed by atoms with van der Waals surface area (Å²) < 4.78 is 0. The third-order valence-electron chi connectivity index (χ3n) is 4.39. The van der Waals surface area contributed by atoms with Gasteiger partial charge in [-0.1, -0.05) is 6.92 Å². The Morgan fingerprint density at radius 1 is 1.36 bits per heavy atom. The molecule has 1 saturated carbocycles. The summed E-state index contributed by atoms with van der Waals surface area (Å²) in [6.07, 6.45) is 4.88. The first-order valence-corrected chi connectivity index (χ1v) is 8.52. The Kier molecular flexibility index (Phi) is 6.06. The molecule has 1 saturated heterocycles. The second-order valence-corrected chi connectivity index (χ2v) is 6.73. The maximum Gasteiger partial charge on any atom is 0.243 e. The van der Waals surface area contributed by atoms with E-state index in [1.807, 2.05) is 0 Å². The van der Waals surface area contributed by atoms with Gasteiger partial charge in [0.05, 0.1) is 0 Å². The Morgan fingerprint density at radius 2 is 2.09 bits per heavy atom. The molecule has 2 fully saturated rings. The van der Waals surface area contributed by atoms with E-state index in [0.29, 0.717) is 12.1 Å². The van der Waals surface area contributed by atoms with Crippen LogP contribution in [0.15, 0.2) is 4.99 Å². The minimum atomic E-state index is 0.0250. The van der Waals surface area contributed by atoms with Crippen molar-refractivity contribution in [2.75, 3.05) is 33.7 Å². The summed E-state index contributed by atoms with van der Waals surface area (Å²) >= 11 is 0. The van der Waals surface area contributed by atoms with Gasteiger partial charge in [0.2, 0.25) is 5.91 Å². The zero-order chi connectivity index (χ0) is 16.1. The zero-order valence-corrected chi connectivity index (χ0v) is 14.4. The topological polar surface area (TPSA) is 60.0 Å². The van der Waals surface area contributed by atoms with Crippen LogP contribution in [0.3, 0.4) is 0 Å². The average Bonchev–Trinajstić information content (AvgIpc) is 3.25. The van der Waals surface area contributed by atoms with Crippen LogP contribution in [0.1, 0.15) is 39.5 Å². The SMILES string of the molecule is CCCNC(=NCC(=O)N(C)C)NC1CC(C)N(C2CC2)C1. The lowest BCUT2D eigenvalue weighted by molar-refractivity contribution is -0.127. The molecule has 1 aliphatic heterocycles. The van der Waals surface area contributed by atoms with Crippen molar-refractivity contribution in [3.8, 4) is 0 Å². The molecule has 1 amide bonds. The molecule has 0 aromatic heterocycles. The highest BCUT2D eigenvalue weighted by atomic mass is 16.2. The van der Waals surface area contributed by atoms with Gasteiger partial charge in [-0.3, -0.25) is 9.69 Å². The molecule has 0 spiro atoms. The van der Waals surface area contributed by atoms with Crippen LogP contribution in [-0.2, 0) is 4.79 Å². The number of carbonyl (C=O) groups is 1. The Labute approximate surface area is 134 Å². The fourth-order valence-corrected chi connectivity index (χ4v) is 2.95. The van der Waals surface area contributed by atoms with Gasteiger partial charge >= 0.3 is 0 Å². The summed E-state index contributed by atoms with van der Waals surface area (Å²) in [4.78, 5) is 20.3. The van der Waals surface area contributed by atoms with Gasteiger partial charge in [0.25, 0.3) is 0 Å². The lowest BCUT2D eigenvalue weighted by atomic mass is 10.2. The predicted octanol–water partition coefficient (Wildman–Crippen LogP) is 0.645. The van der Waals surface area contributed by atoms with Crippen LogP contribution in [0, 0.1) is 0 Å². The summed E-state index contributed by atoms with van der Waals surface area (Å²) in [5.41, 5.74) is 0. The second kappa shape index (κ2) is 7.81. The Bertz CT molecular complexity index is 405. The molecule has 0 radical (unpaired) electrons. The van der Waals surface area contributed by atoms with Gasteiger partial charge in [-0.2, -0.15) is 0 Å². The van der Waals surface area contributed by atoms with E-state index in [0.717, 1.165) is 37.9 Å². The maximum absolute atomic E-state index is 11.7. The van der Waals surface area contributed by atoms with Gasteiger partial charge in [-0.05, 0) is 32.6 Å². The first-order chi connectivity index (χ1) is 10.5. The molecule has 6 heteroatoms. The minimum absolute atomic E-state index is 0.0250. The highest BCUT2D eigenvalue weighted by molar-refractivity contribution is 5.84. The number of aliphatic imine (C=N–C) groups is 1. The van der Waals surface area contributed by atoms with Crippen molar-refractivity contribution in [3.63, 3.8) is 0 Å². The third kappa shape index (κ3) is 4.87. The zero-order valence-electron chi connectivity index (χ0n) is 14.4. The van der Waals surface area contributed by atoms with Gasteiger partial charge in [-0.25, -0.2) is 4.99 Å². The Balaban J connectivity index is 1.88. The number of rotatable bonds is 6. The molecular weight excluding hydrogens is 278 g/mol. The number of likely N-dealkylation sites (N-methyl/N-ethyl adjacent to an activating group) is 1. The number of hydrogen-bond donors (Lipinski definition) is 2. The van der Waals surface area contributed by atoms with E-state index < -0.39 is 0 Å². The highest BCUT2D eigenvalue weighted by Crippen LogP contribution is 2.33. The van der Waals surface area contributed by atoms with Crippen LogP contribution < -0.4 is 10.6 Å². The van der Waals surface area contributed by atoms with Crippen molar-refractivity contribution in [1.29, 1.82) is 0 Å². The number of likely N-dealkylation sites (tertiary alicyclic amines) is 1. The number of amides is 1. The van der Waals surface area contributed by atoms with Gasteiger partial charge in [0.1, 0.15) is 6.54 Å². The standard InChI is InChI=1S/C16H31N5O/c1-5-8-17-16(18-10-15(22)20(3)4)19-13-9-12(2)21(11-13)14-6-7-14/h12-14H,5-11H2,1-4H3,(H2,17,18,19). The molecular formula is C16H31N5O. The molecule has 0 bridgehead atoms. The Hall–Kier alpha value is -1.30. The summed E-state index contributed by atoms with van der Waals surface area (Å²) in [5, 5.41) is 6.83. The van der Waals surface area contributed by atoms with Crippen LogP contribution in [0.5, 0.6) is 0 Å². The number of nitrogens with one attached hydrogen (secondary N) is 2. The summed E-state index contributed by atoms with van der Waals surface area (Å²) in [5.74, 6) is 0.795. The normalized spacial score (nSPS) is 26.1. The van der Waals surface area contributed by atoms with Crippen molar-refractivity contribution in [1.82, 2.24) is 20.4 Å². The number of guanidine groups is 1. The van der Waals surface area contributed by atoms with Crippen LogP contribution in [0.4, 0.5) is 0 Å². The molecule has 1 heterocycles. The van der Waals surface area contributed by atoms with E-state index in [2.05, 4.69) is 34.4 Å². The fraction of sp³-hybridized carbons (Fsp3) is 0.875. The molecule has 6 nitrogen and oxygen atoms in total. The van der Waals surface area contributed by atoms with Crippen molar-refractivity contribution in [2.45, 2.75) is 57.7 Å². The van der Waals surface area contributed by atoms with Crippen molar-refractivity contribution >= 4 is 11.9 Å². The lowest BCUT2D eigenvalue weighted by Crippen LogP contribution is -2.45. The summed E-state index contributed by atoms with van der Waals surface area (Å²) in [7, 11) is 3.52. The van der Waals surface area contributed by atoms with E-state index in [4.69, 9.17) is 0 Å². The largest absolute Gasteiger partial charge is 0.356 e. The smallest absolute Gasteiger partial charge is 0.243 e. The molecule has 2 N–H and O–H groups in total. The number of hydrogen-bond acceptors (Lipinski definition) is 3. The quantitative estimate of drug-likeness (QED) is 0.558. The third-order valence-corrected chi connectivity index (χ3v) is 4.39. The van der Waals surface area contributed by atoms with Crippen LogP contribution in [0.25, 0.3) is 0 Å². The molecule has 2 unspecified atom stereocenters. The van der Waals surface area contributed by atoms with E-state index in [1.54, 1.807) is 19.0 Å². The van der Waals surface area contributed by atoms with E-state index in [-0.39, 0.29) is 12.5 Å². The predicted molar refractivity (Wildman–Crippen MR) is 90.0 cm³/mol. The monoisotopic (exact) mass is 309 g/mol. The lowest BCUT2D eigenvalue weighted by Gasteiger charge is -2.20. The molecule has 2 rings (SSSR count). The van der Waals surface area contributed by atoms with Crippen molar-refractivity contribution < 1.29 is 4.79 Å². The van der Waals surface area contributed by atoms with Crippen LogP contribution >= 0.6 is 0 Å². The van der Waals surface area contributed by atoms with Gasteiger partial charge in [0, 0.05) is 45.3 Å². The molecule has 2 atom stereocenters. The van der Waals surface area contributed by atoms with Gasteiger partial charge in [-0.15, -0.1) is 0 Å². The number of nitrogens with zero attached hydrogens (tertiary/aromatic N) is 3. The van der Waals surface area contributed by atoms with E-state index in [9.17, 15) is 4.79 Å². The molecule has 2 aliphatic rings. The fourth-order valence-electron chi connectivity index (χ4n) is 2.95. The van der Waals surface area contributed by atoms with Crippen LogP contribution in [0.2, 0.25) is 0 Å². The summed E-state index contributed by atoms with van der Waals surface area (Å²) in [6, 6.07) is 1.87.